The molecule has 0 spiro atoms. The first-order valence-corrected chi connectivity index (χ1v) is 10.4. The van der Waals surface area contributed by atoms with Crippen LogP contribution in [0.3, 0.4) is 0 Å². The van der Waals surface area contributed by atoms with E-state index in [9.17, 15) is 9.65 Å². The van der Waals surface area contributed by atoms with Crippen LogP contribution < -0.4 is 5.32 Å². The molecular formula is C26H28FN3. The van der Waals surface area contributed by atoms with E-state index in [1.54, 1.807) is 18.2 Å². The van der Waals surface area contributed by atoms with E-state index in [2.05, 4.69) is 42.9 Å². The number of rotatable bonds is 6. The summed E-state index contributed by atoms with van der Waals surface area (Å²) in [7, 11) is 0. The van der Waals surface area contributed by atoms with Crippen molar-refractivity contribution in [3.8, 4) is 6.07 Å². The van der Waals surface area contributed by atoms with Crippen LogP contribution in [0.25, 0.3) is 11.1 Å². The second kappa shape index (κ2) is 9.45. The maximum Gasteiger partial charge on any atom is 0.143 e. The molecule has 1 aromatic heterocycles. The van der Waals surface area contributed by atoms with Crippen LogP contribution in [0.4, 0.5) is 15.8 Å². The van der Waals surface area contributed by atoms with E-state index in [1.807, 2.05) is 19.1 Å². The zero-order valence-corrected chi connectivity index (χ0v) is 17.9. The third-order valence-corrected chi connectivity index (χ3v) is 5.52. The van der Waals surface area contributed by atoms with E-state index in [4.69, 9.17) is 0 Å². The van der Waals surface area contributed by atoms with Crippen molar-refractivity contribution in [1.82, 2.24) is 4.98 Å². The SMILES string of the molecule is C=C/C=C(\C(C)=C/C)c1[nH]c2c(c1Nc1cccc(F)c1C#N)/C(=C/CC)CCC2. The number of benzene rings is 1. The van der Waals surface area contributed by atoms with Gasteiger partial charge in [0.05, 0.1) is 17.1 Å². The van der Waals surface area contributed by atoms with Crippen molar-refractivity contribution in [3.63, 3.8) is 0 Å². The summed E-state index contributed by atoms with van der Waals surface area (Å²) < 4.78 is 14.3. The largest absolute Gasteiger partial charge is 0.356 e. The van der Waals surface area contributed by atoms with Crippen LogP contribution in [0, 0.1) is 17.1 Å². The summed E-state index contributed by atoms with van der Waals surface area (Å²) in [4.78, 5) is 3.63. The van der Waals surface area contributed by atoms with Crippen molar-refractivity contribution in [3.05, 3.63) is 83.0 Å². The maximum absolute atomic E-state index is 14.3. The van der Waals surface area contributed by atoms with Gasteiger partial charge < -0.3 is 10.3 Å². The first-order chi connectivity index (χ1) is 14.5. The third-order valence-electron chi connectivity index (χ3n) is 5.52. The van der Waals surface area contributed by atoms with Crippen molar-refractivity contribution >= 4 is 22.5 Å². The van der Waals surface area contributed by atoms with E-state index in [-0.39, 0.29) is 5.56 Å². The number of H-pyrrole nitrogens is 1. The highest BCUT2D eigenvalue weighted by molar-refractivity contribution is 5.94. The van der Waals surface area contributed by atoms with Gasteiger partial charge in [0.2, 0.25) is 0 Å². The van der Waals surface area contributed by atoms with Gasteiger partial charge in [0.25, 0.3) is 0 Å². The van der Waals surface area contributed by atoms with Gasteiger partial charge in [-0.05, 0) is 62.8 Å². The third kappa shape index (κ3) is 4.02. The van der Waals surface area contributed by atoms with Crippen LogP contribution >= 0.6 is 0 Å². The number of aromatic nitrogens is 1. The number of hydrogen-bond donors (Lipinski definition) is 2. The molecule has 3 nitrogen and oxygen atoms in total. The van der Waals surface area contributed by atoms with Crippen LogP contribution in [-0.2, 0) is 6.42 Å². The molecule has 0 fully saturated rings. The Morgan fingerprint density at radius 1 is 1.37 bits per heavy atom. The Morgan fingerprint density at radius 3 is 2.83 bits per heavy atom. The standard InChI is InChI=1S/C26H28FN3/c1-5-10-18-12-8-15-23-24(18)26(25(30-23)19(11-6-2)17(4)7-3)29-22-14-9-13-21(27)20(22)16-28/h6-7,9-11,13-14,29-30H,2,5,8,12,15H2,1,3-4H3/b17-7-,18-10+,19-11+. The molecule has 0 bridgehead atoms. The number of hydrogen-bond acceptors (Lipinski definition) is 2. The van der Waals surface area contributed by atoms with Crippen LogP contribution in [0.5, 0.6) is 0 Å². The molecule has 1 heterocycles. The van der Waals surface area contributed by atoms with Crippen LogP contribution in [0.1, 0.15) is 62.5 Å². The number of fused-ring (bicyclic) bond motifs is 1. The lowest BCUT2D eigenvalue weighted by Gasteiger charge is -2.19. The summed E-state index contributed by atoms with van der Waals surface area (Å²) in [6.45, 7) is 10.1. The van der Waals surface area contributed by atoms with E-state index in [1.165, 1.54) is 17.3 Å². The second-order valence-corrected chi connectivity index (χ2v) is 7.41. The lowest BCUT2D eigenvalue weighted by Crippen LogP contribution is -2.04. The van der Waals surface area contributed by atoms with Crippen molar-refractivity contribution in [2.75, 3.05) is 5.32 Å². The number of aromatic amines is 1. The Morgan fingerprint density at radius 2 is 2.17 bits per heavy atom. The van der Waals surface area contributed by atoms with Crippen molar-refractivity contribution in [1.29, 1.82) is 5.26 Å². The highest BCUT2D eigenvalue weighted by Gasteiger charge is 2.26. The minimum absolute atomic E-state index is 0.0206. The smallest absolute Gasteiger partial charge is 0.143 e. The molecule has 1 aromatic carbocycles. The van der Waals surface area contributed by atoms with Gasteiger partial charge in [0.1, 0.15) is 17.4 Å². The predicted octanol–water partition coefficient (Wildman–Crippen LogP) is 7.43. The molecule has 4 heteroatoms. The summed E-state index contributed by atoms with van der Waals surface area (Å²) in [6, 6.07) is 6.68. The van der Waals surface area contributed by atoms with E-state index < -0.39 is 5.82 Å². The maximum atomic E-state index is 14.3. The molecule has 1 aliphatic rings. The van der Waals surface area contributed by atoms with E-state index >= 15 is 0 Å². The van der Waals surface area contributed by atoms with Gasteiger partial charge >= 0.3 is 0 Å². The van der Waals surface area contributed by atoms with Crippen LogP contribution in [0.15, 0.2) is 54.7 Å². The Kier molecular flexibility index (Phi) is 6.74. The molecule has 154 valence electrons. The molecule has 0 atom stereocenters. The second-order valence-electron chi connectivity index (χ2n) is 7.41. The Balaban J connectivity index is 2.29. The number of halogens is 1. The van der Waals surface area contributed by atoms with Gasteiger partial charge in [-0.3, -0.25) is 0 Å². The van der Waals surface area contributed by atoms with Crippen molar-refractivity contribution in [2.24, 2.45) is 0 Å². The summed E-state index contributed by atoms with van der Waals surface area (Å²) in [5.41, 5.74) is 8.05. The number of nitrogens with zero attached hydrogens (tertiary/aromatic N) is 1. The first kappa shape index (κ1) is 21.4. The molecule has 2 aromatic rings. The fourth-order valence-electron chi connectivity index (χ4n) is 4.01. The summed E-state index contributed by atoms with van der Waals surface area (Å²) in [5.74, 6) is -0.524. The molecule has 0 radical (unpaired) electrons. The van der Waals surface area contributed by atoms with Crippen LogP contribution in [-0.4, -0.2) is 4.98 Å². The number of aryl methyl sites for hydroxylation is 1. The molecule has 1 aliphatic carbocycles. The average Bonchev–Trinajstić information content (AvgIpc) is 3.11. The fourth-order valence-corrected chi connectivity index (χ4v) is 4.01. The highest BCUT2D eigenvalue weighted by atomic mass is 19.1. The highest BCUT2D eigenvalue weighted by Crippen LogP contribution is 2.43. The quantitative estimate of drug-likeness (QED) is 0.494. The van der Waals surface area contributed by atoms with Gasteiger partial charge in [0, 0.05) is 16.8 Å². The normalized spacial score (nSPS) is 15.6. The number of nitrogens with one attached hydrogen (secondary N) is 2. The van der Waals surface area contributed by atoms with Gasteiger partial charge in [-0.25, -0.2) is 4.39 Å². The van der Waals surface area contributed by atoms with Crippen molar-refractivity contribution < 1.29 is 4.39 Å². The minimum Gasteiger partial charge on any atom is -0.356 e. The van der Waals surface area contributed by atoms with Gasteiger partial charge in [0.15, 0.2) is 0 Å². The summed E-state index contributed by atoms with van der Waals surface area (Å²) in [5, 5.41) is 12.9. The fraction of sp³-hybridized carbons (Fsp3) is 0.269. The lowest BCUT2D eigenvalue weighted by molar-refractivity contribution is 0.624. The zero-order valence-electron chi connectivity index (χ0n) is 17.9. The molecule has 0 unspecified atom stereocenters. The molecule has 0 saturated heterocycles. The van der Waals surface area contributed by atoms with E-state index in [0.29, 0.717) is 5.69 Å². The minimum atomic E-state index is -0.524. The van der Waals surface area contributed by atoms with Gasteiger partial charge in [-0.1, -0.05) is 43.9 Å². The van der Waals surface area contributed by atoms with E-state index in [0.717, 1.165) is 53.8 Å². The molecular weight excluding hydrogens is 373 g/mol. The lowest BCUT2D eigenvalue weighted by atomic mass is 9.89. The topological polar surface area (TPSA) is 51.6 Å². The Bertz CT molecular complexity index is 1090. The number of nitriles is 1. The molecule has 0 amide bonds. The summed E-state index contributed by atoms with van der Waals surface area (Å²) >= 11 is 0. The molecule has 0 aliphatic heterocycles. The first-order valence-electron chi connectivity index (χ1n) is 10.4. The van der Waals surface area contributed by atoms with Crippen molar-refractivity contribution in [2.45, 2.75) is 46.5 Å². The number of anilines is 2. The average molecular weight is 402 g/mol. The van der Waals surface area contributed by atoms with Gasteiger partial charge in [-0.2, -0.15) is 5.26 Å². The van der Waals surface area contributed by atoms with Crippen LogP contribution in [0.2, 0.25) is 0 Å². The summed E-state index contributed by atoms with van der Waals surface area (Å²) in [6.07, 6.45) is 12.1. The zero-order chi connectivity index (χ0) is 21.7. The Hall–Kier alpha value is -3.32. The number of allylic oxidation sites excluding steroid dienone is 7. The Labute approximate surface area is 178 Å². The predicted molar refractivity (Wildman–Crippen MR) is 124 cm³/mol. The monoisotopic (exact) mass is 401 g/mol. The molecule has 30 heavy (non-hydrogen) atoms. The molecule has 2 N–H and O–H groups in total. The van der Waals surface area contributed by atoms with Gasteiger partial charge in [-0.15, -0.1) is 0 Å². The molecule has 3 rings (SSSR count). The molecule has 0 saturated carbocycles.